The Labute approximate surface area is 144 Å². The number of nitrogens with one attached hydrogen (secondary N) is 2. The standard InChI is InChI=1S/C19H24N2OS/c1-5-17(15-8-11-18(22-4)14(3)12-15)21-19(23)20-16-9-6-13(2)7-10-16/h6-12,17H,5H2,1-4H3,(H2,20,21,23)/t17-/m1/s1. The van der Waals surface area contributed by atoms with Gasteiger partial charge < -0.3 is 15.4 Å². The number of aryl methyl sites for hydroxylation is 2. The molecular formula is C19H24N2OS. The van der Waals surface area contributed by atoms with E-state index in [4.69, 9.17) is 17.0 Å². The summed E-state index contributed by atoms with van der Waals surface area (Å²) in [6, 6.07) is 14.6. The van der Waals surface area contributed by atoms with E-state index in [0.717, 1.165) is 23.4 Å². The molecule has 0 aromatic heterocycles. The summed E-state index contributed by atoms with van der Waals surface area (Å²) >= 11 is 5.45. The first kappa shape index (κ1) is 17.3. The molecule has 0 aliphatic heterocycles. The van der Waals surface area contributed by atoms with Gasteiger partial charge in [0.2, 0.25) is 0 Å². The molecule has 1 atom stereocenters. The number of hydrogen-bond acceptors (Lipinski definition) is 2. The van der Waals surface area contributed by atoms with E-state index >= 15 is 0 Å². The minimum absolute atomic E-state index is 0.171. The van der Waals surface area contributed by atoms with E-state index < -0.39 is 0 Å². The predicted octanol–water partition coefficient (Wildman–Crippen LogP) is 4.75. The highest BCUT2D eigenvalue weighted by molar-refractivity contribution is 7.80. The van der Waals surface area contributed by atoms with Crippen LogP contribution in [-0.2, 0) is 0 Å². The Hall–Kier alpha value is -2.07. The number of benzene rings is 2. The average Bonchev–Trinajstić information content (AvgIpc) is 2.54. The van der Waals surface area contributed by atoms with Crippen molar-refractivity contribution in [1.29, 1.82) is 0 Å². The van der Waals surface area contributed by atoms with Gasteiger partial charge in [0.05, 0.1) is 13.2 Å². The van der Waals surface area contributed by atoms with Crippen LogP contribution in [0.5, 0.6) is 5.75 Å². The lowest BCUT2D eigenvalue weighted by Gasteiger charge is -2.21. The molecule has 0 radical (unpaired) electrons. The summed E-state index contributed by atoms with van der Waals surface area (Å²) in [4.78, 5) is 0. The summed E-state index contributed by atoms with van der Waals surface area (Å²) in [6.07, 6.45) is 0.946. The molecule has 0 bridgehead atoms. The molecule has 0 saturated carbocycles. The molecular weight excluding hydrogens is 304 g/mol. The largest absolute Gasteiger partial charge is 0.496 e. The van der Waals surface area contributed by atoms with Gasteiger partial charge in [-0.1, -0.05) is 36.8 Å². The van der Waals surface area contributed by atoms with Gasteiger partial charge in [0.1, 0.15) is 5.75 Å². The first-order chi connectivity index (χ1) is 11.0. The van der Waals surface area contributed by atoms with Gasteiger partial charge in [-0.25, -0.2) is 0 Å². The highest BCUT2D eigenvalue weighted by Crippen LogP contribution is 2.24. The number of ether oxygens (including phenoxy) is 1. The topological polar surface area (TPSA) is 33.3 Å². The van der Waals surface area contributed by atoms with Gasteiger partial charge in [0, 0.05) is 5.69 Å². The second-order valence-corrected chi connectivity index (χ2v) is 6.06. The Bertz CT molecular complexity index is 668. The Kier molecular flexibility index (Phi) is 5.99. The first-order valence-electron chi connectivity index (χ1n) is 7.82. The predicted molar refractivity (Wildman–Crippen MR) is 101 cm³/mol. The summed E-state index contributed by atoms with van der Waals surface area (Å²) < 4.78 is 5.32. The minimum atomic E-state index is 0.171. The second-order valence-electron chi connectivity index (χ2n) is 5.65. The third-order valence-corrected chi connectivity index (χ3v) is 4.06. The molecule has 23 heavy (non-hydrogen) atoms. The highest BCUT2D eigenvalue weighted by Gasteiger charge is 2.12. The summed E-state index contributed by atoms with van der Waals surface area (Å²) in [5.74, 6) is 0.906. The summed E-state index contributed by atoms with van der Waals surface area (Å²) in [5.41, 5.74) is 4.56. The third-order valence-electron chi connectivity index (χ3n) is 3.84. The smallest absolute Gasteiger partial charge is 0.171 e. The van der Waals surface area contributed by atoms with E-state index in [2.05, 4.69) is 55.7 Å². The molecule has 4 heteroatoms. The van der Waals surface area contributed by atoms with E-state index in [9.17, 15) is 0 Å². The van der Waals surface area contributed by atoms with Crippen molar-refractivity contribution in [3.05, 3.63) is 59.2 Å². The Morgan fingerprint density at radius 2 is 1.83 bits per heavy atom. The van der Waals surface area contributed by atoms with Crippen LogP contribution >= 0.6 is 12.2 Å². The maximum atomic E-state index is 5.45. The monoisotopic (exact) mass is 328 g/mol. The summed E-state index contributed by atoms with van der Waals surface area (Å²) in [7, 11) is 1.69. The molecule has 0 amide bonds. The molecule has 0 aliphatic carbocycles. The van der Waals surface area contributed by atoms with E-state index in [0.29, 0.717) is 5.11 Å². The van der Waals surface area contributed by atoms with Crippen LogP contribution in [-0.4, -0.2) is 12.2 Å². The number of methoxy groups -OCH3 is 1. The van der Waals surface area contributed by atoms with Crippen molar-refractivity contribution in [3.63, 3.8) is 0 Å². The lowest BCUT2D eigenvalue weighted by atomic mass is 10.0. The maximum Gasteiger partial charge on any atom is 0.171 e. The van der Waals surface area contributed by atoms with Crippen molar-refractivity contribution in [2.24, 2.45) is 0 Å². The first-order valence-corrected chi connectivity index (χ1v) is 8.23. The molecule has 122 valence electrons. The molecule has 2 N–H and O–H groups in total. The van der Waals surface area contributed by atoms with Crippen LogP contribution in [0.3, 0.4) is 0 Å². The minimum Gasteiger partial charge on any atom is -0.496 e. The van der Waals surface area contributed by atoms with Crippen LogP contribution in [0.15, 0.2) is 42.5 Å². The Morgan fingerprint density at radius 1 is 1.13 bits per heavy atom. The summed E-state index contributed by atoms with van der Waals surface area (Å²) in [6.45, 7) is 6.27. The fraction of sp³-hybridized carbons (Fsp3) is 0.316. The van der Waals surface area contributed by atoms with Gasteiger partial charge in [-0.2, -0.15) is 0 Å². The molecule has 0 heterocycles. The molecule has 2 aromatic carbocycles. The fourth-order valence-electron chi connectivity index (χ4n) is 2.50. The van der Waals surface area contributed by atoms with Crippen LogP contribution in [0.2, 0.25) is 0 Å². The molecule has 0 saturated heterocycles. The van der Waals surface area contributed by atoms with Crippen LogP contribution in [0.4, 0.5) is 5.69 Å². The van der Waals surface area contributed by atoms with Gasteiger partial charge in [-0.15, -0.1) is 0 Å². The molecule has 0 unspecified atom stereocenters. The van der Waals surface area contributed by atoms with E-state index in [-0.39, 0.29) is 6.04 Å². The van der Waals surface area contributed by atoms with Crippen LogP contribution < -0.4 is 15.4 Å². The molecule has 2 rings (SSSR count). The van der Waals surface area contributed by atoms with Gasteiger partial charge >= 0.3 is 0 Å². The third kappa shape index (κ3) is 4.70. The zero-order valence-corrected chi connectivity index (χ0v) is 15.0. The molecule has 0 spiro atoms. The van der Waals surface area contributed by atoms with Gasteiger partial charge in [0.25, 0.3) is 0 Å². The van der Waals surface area contributed by atoms with Gasteiger partial charge in [-0.05, 0) is 61.8 Å². The lowest BCUT2D eigenvalue weighted by Crippen LogP contribution is -2.32. The van der Waals surface area contributed by atoms with E-state index in [1.54, 1.807) is 7.11 Å². The van der Waals surface area contributed by atoms with Gasteiger partial charge in [-0.3, -0.25) is 0 Å². The van der Waals surface area contributed by atoms with Crippen molar-refractivity contribution >= 4 is 23.0 Å². The van der Waals surface area contributed by atoms with E-state index in [1.807, 2.05) is 18.2 Å². The number of thiocarbonyl (C=S) groups is 1. The Balaban J connectivity index is 2.05. The van der Waals surface area contributed by atoms with Gasteiger partial charge in [0.15, 0.2) is 5.11 Å². The van der Waals surface area contributed by atoms with Crippen molar-refractivity contribution in [1.82, 2.24) is 5.32 Å². The highest BCUT2D eigenvalue weighted by atomic mass is 32.1. The number of anilines is 1. The SMILES string of the molecule is CC[C@@H](NC(=S)Nc1ccc(C)cc1)c1ccc(OC)c(C)c1. The number of rotatable bonds is 5. The van der Waals surface area contributed by atoms with Crippen molar-refractivity contribution in [2.45, 2.75) is 33.2 Å². The van der Waals surface area contributed by atoms with Crippen LogP contribution in [0.25, 0.3) is 0 Å². The fourth-order valence-corrected chi connectivity index (χ4v) is 2.76. The van der Waals surface area contributed by atoms with Crippen LogP contribution in [0.1, 0.15) is 36.1 Å². The van der Waals surface area contributed by atoms with Crippen molar-refractivity contribution in [3.8, 4) is 5.75 Å². The summed E-state index contributed by atoms with van der Waals surface area (Å²) in [5, 5.41) is 7.26. The zero-order valence-electron chi connectivity index (χ0n) is 14.1. The molecule has 0 aliphatic rings. The normalized spacial score (nSPS) is 11.7. The maximum absolute atomic E-state index is 5.45. The second kappa shape index (κ2) is 7.97. The lowest BCUT2D eigenvalue weighted by molar-refractivity contribution is 0.411. The molecule has 0 fully saturated rings. The van der Waals surface area contributed by atoms with Crippen LogP contribution in [0, 0.1) is 13.8 Å². The molecule has 3 nitrogen and oxygen atoms in total. The Morgan fingerprint density at radius 3 is 2.39 bits per heavy atom. The quantitative estimate of drug-likeness (QED) is 0.776. The van der Waals surface area contributed by atoms with E-state index in [1.165, 1.54) is 11.1 Å². The average molecular weight is 328 g/mol. The number of hydrogen-bond donors (Lipinski definition) is 2. The van der Waals surface area contributed by atoms with Crippen molar-refractivity contribution < 1.29 is 4.74 Å². The molecule has 2 aromatic rings. The van der Waals surface area contributed by atoms with Crippen molar-refractivity contribution in [2.75, 3.05) is 12.4 Å². The zero-order chi connectivity index (χ0) is 16.8.